The zero-order valence-electron chi connectivity index (χ0n) is 19.1. The minimum atomic E-state index is -8.72. The van der Waals surface area contributed by atoms with E-state index < -0.39 is 66.6 Å². The molecule has 0 aliphatic carbocycles. The number of carbonyl (C=O) groups excluding carboxylic acids is 1. The maximum atomic E-state index is 13.6. The lowest BCUT2D eigenvalue weighted by Crippen LogP contribution is -2.74. The molecule has 0 aliphatic rings. The molecule has 0 unspecified atom stereocenters. The van der Waals surface area contributed by atoms with E-state index >= 15 is 0 Å². The molecule has 19 heteroatoms. The van der Waals surface area contributed by atoms with Crippen molar-refractivity contribution in [2.24, 2.45) is 0 Å². The SMILES string of the molecule is CCCCCCCCCCC(=O)OC(F)(F)C(F)(F)C(F)(F)C(F)(F)C(F)(F)C(F)(F)C(F)(F)C(F)(F)F. The van der Waals surface area contributed by atoms with Crippen molar-refractivity contribution in [2.75, 3.05) is 0 Å². The Hall–Kier alpha value is -1.72. The van der Waals surface area contributed by atoms with Crippen molar-refractivity contribution in [3.8, 4) is 0 Å². The van der Waals surface area contributed by atoms with Crippen LogP contribution in [0.3, 0.4) is 0 Å². The molecule has 0 heterocycles. The van der Waals surface area contributed by atoms with Crippen molar-refractivity contribution in [1.29, 1.82) is 0 Å². The number of hydrogen-bond acceptors (Lipinski definition) is 2. The molecule has 0 N–H and O–H groups in total. The number of alkyl halides is 17. The molecule has 0 aromatic carbocycles. The van der Waals surface area contributed by atoms with Crippen LogP contribution < -0.4 is 0 Å². The molecular weight excluding hydrogens is 583 g/mol. The Bertz CT molecular complexity index is 774. The van der Waals surface area contributed by atoms with Gasteiger partial charge in [0.1, 0.15) is 0 Å². The summed E-state index contributed by atoms with van der Waals surface area (Å²) in [5, 5.41) is 0. The van der Waals surface area contributed by atoms with Crippen molar-refractivity contribution >= 4 is 5.97 Å². The summed E-state index contributed by atoms with van der Waals surface area (Å²) < 4.78 is 226. The van der Waals surface area contributed by atoms with Crippen LogP contribution in [-0.4, -0.2) is 53.8 Å². The standard InChI is InChI=1S/C19H21F17O2/c1-2-3-4-5-6-7-8-9-10-11(37)38-19(35,36)17(30,31)15(26,27)13(22,23)12(20,21)14(24,25)16(28,29)18(32,33)34/h2-10H2,1H3. The van der Waals surface area contributed by atoms with Gasteiger partial charge in [0.15, 0.2) is 0 Å². The molecular formula is C19H21F17O2. The van der Waals surface area contributed by atoms with Gasteiger partial charge in [-0.2, -0.15) is 74.6 Å². The number of esters is 1. The molecule has 38 heavy (non-hydrogen) atoms. The average Bonchev–Trinajstić information content (AvgIpc) is 2.73. The Morgan fingerprint density at radius 2 is 0.789 bits per heavy atom. The molecule has 0 aliphatic heterocycles. The lowest BCUT2D eigenvalue weighted by molar-refractivity contribution is -0.474. The van der Waals surface area contributed by atoms with Gasteiger partial charge in [-0.05, 0) is 6.42 Å². The molecule has 0 bridgehead atoms. The molecule has 0 aromatic heterocycles. The molecule has 0 radical (unpaired) electrons. The lowest BCUT2D eigenvalue weighted by Gasteiger charge is -2.42. The topological polar surface area (TPSA) is 26.3 Å². The van der Waals surface area contributed by atoms with Crippen LogP contribution in [0.4, 0.5) is 74.6 Å². The van der Waals surface area contributed by atoms with Crippen LogP contribution in [0.2, 0.25) is 0 Å². The molecule has 0 rings (SSSR count). The maximum Gasteiger partial charge on any atom is 0.473 e. The monoisotopic (exact) mass is 604 g/mol. The minimum Gasteiger partial charge on any atom is -0.396 e. The highest BCUT2D eigenvalue weighted by molar-refractivity contribution is 5.69. The zero-order chi connectivity index (χ0) is 30.6. The first-order valence-electron chi connectivity index (χ1n) is 10.6. The van der Waals surface area contributed by atoms with Crippen LogP contribution in [0.1, 0.15) is 64.7 Å². The van der Waals surface area contributed by atoms with Gasteiger partial charge in [0.2, 0.25) is 0 Å². The van der Waals surface area contributed by atoms with E-state index in [-0.39, 0.29) is 6.42 Å². The number of hydrogen-bond donors (Lipinski definition) is 0. The van der Waals surface area contributed by atoms with Crippen LogP contribution in [0.5, 0.6) is 0 Å². The molecule has 0 aromatic rings. The first-order chi connectivity index (χ1) is 16.7. The van der Waals surface area contributed by atoms with Crippen molar-refractivity contribution < 1.29 is 84.2 Å². The summed E-state index contributed by atoms with van der Waals surface area (Å²) in [6.45, 7) is 1.91. The lowest BCUT2D eigenvalue weighted by atomic mass is 9.90. The van der Waals surface area contributed by atoms with E-state index in [4.69, 9.17) is 0 Å². The summed E-state index contributed by atoms with van der Waals surface area (Å²) in [4.78, 5) is 11.3. The van der Waals surface area contributed by atoms with Crippen LogP contribution in [0, 0.1) is 0 Å². The Morgan fingerprint density at radius 1 is 0.474 bits per heavy atom. The van der Waals surface area contributed by atoms with Crippen LogP contribution in [0.15, 0.2) is 0 Å². The van der Waals surface area contributed by atoms with Crippen LogP contribution >= 0.6 is 0 Å². The fourth-order valence-electron chi connectivity index (χ4n) is 2.81. The van der Waals surface area contributed by atoms with E-state index in [1.807, 2.05) is 6.92 Å². The second kappa shape index (κ2) is 11.8. The number of unbranched alkanes of at least 4 members (excludes halogenated alkanes) is 7. The van der Waals surface area contributed by atoms with Gasteiger partial charge in [0, 0.05) is 6.42 Å². The zero-order valence-corrected chi connectivity index (χ0v) is 19.1. The van der Waals surface area contributed by atoms with Gasteiger partial charge in [-0.3, -0.25) is 4.79 Å². The van der Waals surface area contributed by atoms with Gasteiger partial charge in [-0.1, -0.05) is 51.9 Å². The summed E-state index contributed by atoms with van der Waals surface area (Å²) in [7, 11) is 0. The summed E-state index contributed by atoms with van der Waals surface area (Å²) in [6, 6.07) is 0. The van der Waals surface area contributed by atoms with Gasteiger partial charge in [0.25, 0.3) is 0 Å². The number of ether oxygens (including phenoxy) is 1. The summed E-state index contributed by atoms with van der Waals surface area (Å²) >= 11 is 0. The van der Waals surface area contributed by atoms with E-state index in [2.05, 4.69) is 4.74 Å². The van der Waals surface area contributed by atoms with Gasteiger partial charge in [-0.25, -0.2) is 0 Å². The second-order valence-electron chi connectivity index (χ2n) is 8.16. The quantitative estimate of drug-likeness (QED) is 0.0999. The average molecular weight is 604 g/mol. The third kappa shape index (κ3) is 6.53. The van der Waals surface area contributed by atoms with E-state index in [0.29, 0.717) is 12.8 Å². The third-order valence-electron chi connectivity index (χ3n) is 5.17. The number of carbonyl (C=O) groups is 1. The van der Waals surface area contributed by atoms with E-state index in [9.17, 15) is 79.4 Å². The fraction of sp³-hybridized carbons (Fsp3) is 0.947. The van der Waals surface area contributed by atoms with Crippen molar-refractivity contribution in [1.82, 2.24) is 0 Å². The predicted molar refractivity (Wildman–Crippen MR) is 94.0 cm³/mol. The van der Waals surface area contributed by atoms with Gasteiger partial charge in [0.05, 0.1) is 0 Å². The molecule has 0 saturated heterocycles. The summed E-state index contributed by atoms with van der Waals surface area (Å²) in [5.74, 6) is -53.2. The second-order valence-corrected chi connectivity index (χ2v) is 8.16. The predicted octanol–water partition coefficient (Wildman–Crippen LogP) is 9.03. The molecule has 0 saturated carbocycles. The maximum absolute atomic E-state index is 13.6. The summed E-state index contributed by atoms with van der Waals surface area (Å²) in [6.07, 6.45) is -12.2. The highest BCUT2D eigenvalue weighted by Gasteiger charge is 2.95. The number of rotatable bonds is 16. The van der Waals surface area contributed by atoms with Crippen LogP contribution in [-0.2, 0) is 9.53 Å². The Balaban J connectivity index is 5.77. The van der Waals surface area contributed by atoms with E-state index in [1.54, 1.807) is 0 Å². The largest absolute Gasteiger partial charge is 0.473 e. The highest BCUT2D eigenvalue weighted by atomic mass is 19.4. The van der Waals surface area contributed by atoms with Crippen molar-refractivity contribution in [3.05, 3.63) is 0 Å². The molecule has 228 valence electrons. The minimum absolute atomic E-state index is 0.0755. The van der Waals surface area contributed by atoms with Crippen molar-refractivity contribution in [3.63, 3.8) is 0 Å². The van der Waals surface area contributed by atoms with Gasteiger partial charge >= 0.3 is 53.8 Å². The van der Waals surface area contributed by atoms with Crippen LogP contribution in [0.25, 0.3) is 0 Å². The Kier molecular flexibility index (Phi) is 11.3. The molecule has 0 atom stereocenters. The van der Waals surface area contributed by atoms with E-state index in [0.717, 1.165) is 25.7 Å². The third-order valence-corrected chi connectivity index (χ3v) is 5.17. The Labute approximate surface area is 203 Å². The Morgan fingerprint density at radius 3 is 1.16 bits per heavy atom. The van der Waals surface area contributed by atoms with E-state index in [1.165, 1.54) is 0 Å². The molecule has 0 spiro atoms. The van der Waals surface area contributed by atoms with Gasteiger partial charge < -0.3 is 4.74 Å². The first-order valence-corrected chi connectivity index (χ1v) is 10.6. The first kappa shape index (κ1) is 36.3. The normalized spacial score (nSPS) is 15.1. The molecule has 2 nitrogen and oxygen atoms in total. The molecule has 0 amide bonds. The van der Waals surface area contributed by atoms with Crippen molar-refractivity contribution in [2.45, 2.75) is 113 Å². The fourth-order valence-corrected chi connectivity index (χ4v) is 2.81. The summed E-state index contributed by atoms with van der Waals surface area (Å²) in [5.41, 5.74) is 0. The smallest absolute Gasteiger partial charge is 0.396 e. The molecule has 0 fully saturated rings. The highest BCUT2D eigenvalue weighted by Crippen LogP contribution is 2.64. The number of halogens is 17. The van der Waals surface area contributed by atoms with Gasteiger partial charge in [-0.15, -0.1) is 0 Å².